The van der Waals surface area contributed by atoms with Gasteiger partial charge in [0.05, 0.1) is 0 Å². The maximum absolute atomic E-state index is 12.6. The predicted octanol–water partition coefficient (Wildman–Crippen LogP) is 1.98. The summed E-state index contributed by atoms with van der Waals surface area (Å²) in [6, 6.07) is 0. The van der Waals surface area contributed by atoms with Crippen molar-refractivity contribution in [2.24, 2.45) is 0 Å². The van der Waals surface area contributed by atoms with E-state index in [1.54, 1.807) is 6.92 Å². The molecule has 0 aliphatic carbocycles. The molecule has 2 rings (SSSR count). The van der Waals surface area contributed by atoms with Crippen LogP contribution < -0.4 is 0 Å². The highest BCUT2D eigenvalue weighted by atomic mass is 32.2. The summed E-state index contributed by atoms with van der Waals surface area (Å²) < 4.78 is 19.6. The third-order valence-corrected chi connectivity index (χ3v) is 4.55. The van der Waals surface area contributed by atoms with Gasteiger partial charge < -0.3 is 9.09 Å². The predicted molar refractivity (Wildman–Crippen MR) is 73.6 cm³/mol. The zero-order chi connectivity index (χ0) is 14.9. The van der Waals surface area contributed by atoms with Crippen LogP contribution in [0.5, 0.6) is 0 Å². The summed E-state index contributed by atoms with van der Waals surface area (Å²) in [6.45, 7) is 10.2. The molecule has 0 aliphatic heterocycles. The van der Waals surface area contributed by atoms with Crippen LogP contribution in [-0.2, 0) is 17.3 Å². The molecule has 0 saturated carbocycles. The molecule has 0 fully saturated rings. The van der Waals surface area contributed by atoms with E-state index >= 15 is 0 Å². The van der Waals surface area contributed by atoms with E-state index in [1.165, 1.54) is 0 Å². The largest absolute Gasteiger partial charge is 0.338 e. The van der Waals surface area contributed by atoms with Crippen LogP contribution in [0.2, 0.25) is 0 Å². The topological polar surface area (TPSA) is 86.7 Å². The Morgan fingerprint density at radius 1 is 1.30 bits per heavy atom. The zero-order valence-electron chi connectivity index (χ0n) is 12.3. The molecule has 0 bridgehead atoms. The Bertz CT molecular complexity index is 619. The van der Waals surface area contributed by atoms with Crippen LogP contribution >= 0.6 is 0 Å². The van der Waals surface area contributed by atoms with E-state index in [1.807, 2.05) is 32.3 Å². The molecule has 0 aromatic carbocycles. The minimum atomic E-state index is -1.38. The molecule has 2 aromatic rings. The average Bonchev–Trinajstić information content (AvgIpc) is 3.03. The molecule has 0 saturated heterocycles. The number of nitrogens with zero attached hydrogens (tertiary/aromatic N) is 5. The van der Waals surface area contributed by atoms with Gasteiger partial charge in [0.2, 0.25) is 11.0 Å². The first-order chi connectivity index (χ1) is 9.45. The second kappa shape index (κ2) is 5.82. The number of aryl methyl sites for hydroxylation is 1. The van der Waals surface area contributed by atoms with Gasteiger partial charge in [-0.15, -0.1) is 10.2 Å². The molecule has 0 spiro atoms. The number of hydrogen-bond donors (Lipinski definition) is 0. The summed E-state index contributed by atoms with van der Waals surface area (Å²) in [5, 5.41) is 11.9. The number of hydrogen-bond acceptors (Lipinski definition) is 6. The van der Waals surface area contributed by atoms with Gasteiger partial charge in [0.15, 0.2) is 5.82 Å². The van der Waals surface area contributed by atoms with Gasteiger partial charge in [-0.2, -0.15) is 4.98 Å². The highest BCUT2D eigenvalue weighted by Gasteiger charge is 2.26. The van der Waals surface area contributed by atoms with Gasteiger partial charge >= 0.3 is 0 Å². The zero-order valence-corrected chi connectivity index (χ0v) is 13.1. The maximum Gasteiger partial charge on any atom is 0.242 e. The van der Waals surface area contributed by atoms with Crippen molar-refractivity contribution >= 4 is 10.8 Å². The van der Waals surface area contributed by atoms with Gasteiger partial charge in [-0.3, -0.25) is 4.21 Å². The molecule has 20 heavy (non-hydrogen) atoms. The minimum absolute atomic E-state index is 0.176. The molecular formula is C12H19N5O2S. The van der Waals surface area contributed by atoms with Crippen LogP contribution in [0.3, 0.4) is 0 Å². The second-order valence-corrected chi connectivity index (χ2v) is 6.53. The van der Waals surface area contributed by atoms with Crippen molar-refractivity contribution in [3.8, 4) is 0 Å². The molecule has 2 aromatic heterocycles. The maximum atomic E-state index is 12.6. The molecule has 2 heterocycles. The third-order valence-electron chi connectivity index (χ3n) is 3.04. The van der Waals surface area contributed by atoms with E-state index in [4.69, 9.17) is 4.52 Å². The van der Waals surface area contributed by atoms with E-state index in [2.05, 4.69) is 20.3 Å². The number of rotatable bonds is 5. The van der Waals surface area contributed by atoms with E-state index in [-0.39, 0.29) is 5.92 Å². The Kier molecular flexibility index (Phi) is 4.32. The van der Waals surface area contributed by atoms with Crippen molar-refractivity contribution in [3.05, 3.63) is 17.5 Å². The Morgan fingerprint density at radius 2 is 2.00 bits per heavy atom. The molecule has 110 valence electrons. The van der Waals surface area contributed by atoms with E-state index in [0.29, 0.717) is 23.4 Å². The Balaban J connectivity index is 2.27. The smallest absolute Gasteiger partial charge is 0.242 e. The Labute approximate surface area is 120 Å². The highest BCUT2D eigenvalue weighted by molar-refractivity contribution is 7.85. The molecule has 0 unspecified atom stereocenters. The lowest BCUT2D eigenvalue weighted by molar-refractivity contribution is 0.371. The molecule has 7 nitrogen and oxygen atoms in total. The van der Waals surface area contributed by atoms with Gasteiger partial charge in [0, 0.05) is 12.5 Å². The fraction of sp³-hybridized carbons (Fsp3) is 0.667. The molecular weight excluding hydrogens is 278 g/mol. The van der Waals surface area contributed by atoms with Crippen molar-refractivity contribution in [2.75, 3.05) is 0 Å². The monoisotopic (exact) mass is 297 g/mol. The molecule has 8 heteroatoms. The molecule has 0 radical (unpaired) electrons. The van der Waals surface area contributed by atoms with Gasteiger partial charge in [-0.05, 0) is 20.8 Å². The Hall–Kier alpha value is -1.57. The first-order valence-electron chi connectivity index (χ1n) is 6.59. The first-order valence-corrected chi connectivity index (χ1v) is 7.80. The second-order valence-electron chi connectivity index (χ2n) is 4.86. The van der Waals surface area contributed by atoms with Gasteiger partial charge in [0.25, 0.3) is 0 Å². The fourth-order valence-electron chi connectivity index (χ4n) is 1.77. The van der Waals surface area contributed by atoms with E-state index in [0.717, 1.165) is 5.82 Å². The quantitative estimate of drug-likeness (QED) is 0.838. The van der Waals surface area contributed by atoms with Crippen molar-refractivity contribution in [2.45, 2.75) is 57.5 Å². The van der Waals surface area contributed by atoms with Crippen molar-refractivity contribution < 1.29 is 8.73 Å². The van der Waals surface area contributed by atoms with Crippen LogP contribution in [0, 0.1) is 6.92 Å². The standard InChI is InChI=1S/C12H19N5O2S/c1-6-17-9(5)14-15-12(17)20(18)8(4)11-13-10(7(2)3)16-19-11/h7-8H,6H2,1-5H3/t8-,20+/m0/s1. The Morgan fingerprint density at radius 3 is 2.55 bits per heavy atom. The molecule has 0 aliphatic rings. The first kappa shape index (κ1) is 14.8. The molecule has 2 atom stereocenters. The summed E-state index contributed by atoms with van der Waals surface area (Å²) in [5.74, 6) is 1.92. The fourth-order valence-corrected chi connectivity index (χ4v) is 2.97. The van der Waals surface area contributed by atoms with Crippen LogP contribution in [-0.4, -0.2) is 29.1 Å². The number of aromatic nitrogens is 5. The lowest BCUT2D eigenvalue weighted by Gasteiger charge is -2.08. The molecule has 0 amide bonds. The van der Waals surface area contributed by atoms with E-state index < -0.39 is 16.0 Å². The normalized spacial score (nSPS) is 14.7. The lowest BCUT2D eigenvalue weighted by atomic mass is 10.2. The van der Waals surface area contributed by atoms with Gasteiger partial charge in [-0.1, -0.05) is 19.0 Å². The van der Waals surface area contributed by atoms with Crippen molar-refractivity contribution in [1.82, 2.24) is 24.9 Å². The van der Waals surface area contributed by atoms with Gasteiger partial charge in [0.1, 0.15) is 21.9 Å². The minimum Gasteiger partial charge on any atom is -0.338 e. The third kappa shape index (κ3) is 2.65. The van der Waals surface area contributed by atoms with Crippen molar-refractivity contribution in [3.63, 3.8) is 0 Å². The lowest BCUT2D eigenvalue weighted by Crippen LogP contribution is -2.11. The highest BCUT2D eigenvalue weighted by Crippen LogP contribution is 2.24. The summed E-state index contributed by atoms with van der Waals surface area (Å²) in [6.07, 6.45) is 0. The van der Waals surface area contributed by atoms with E-state index in [9.17, 15) is 4.21 Å². The summed E-state index contributed by atoms with van der Waals surface area (Å²) in [7, 11) is -1.38. The van der Waals surface area contributed by atoms with Crippen LogP contribution in [0.25, 0.3) is 0 Å². The summed E-state index contributed by atoms with van der Waals surface area (Å²) in [4.78, 5) is 4.29. The van der Waals surface area contributed by atoms with Crippen LogP contribution in [0.1, 0.15) is 56.4 Å². The van der Waals surface area contributed by atoms with Crippen LogP contribution in [0.15, 0.2) is 9.68 Å². The SMILES string of the molecule is CCn1c(C)nnc1[S@](=O)[C@@H](C)c1nc(C(C)C)no1. The average molecular weight is 297 g/mol. The summed E-state index contributed by atoms with van der Waals surface area (Å²) in [5.41, 5.74) is 0. The van der Waals surface area contributed by atoms with Crippen molar-refractivity contribution in [1.29, 1.82) is 0 Å². The van der Waals surface area contributed by atoms with Gasteiger partial charge in [-0.25, -0.2) is 0 Å². The van der Waals surface area contributed by atoms with Crippen LogP contribution in [0.4, 0.5) is 0 Å². The summed E-state index contributed by atoms with van der Waals surface area (Å²) >= 11 is 0. The molecule has 0 N–H and O–H groups in total.